The number of carbonyl (C=O) groups is 5. The molecule has 504 valence electrons. The number of carbonyl (C=O) groups excluding carboxylic acids is 4. The van der Waals surface area contributed by atoms with Gasteiger partial charge in [-0.2, -0.15) is 20.4 Å². The van der Waals surface area contributed by atoms with Gasteiger partial charge in [0.15, 0.2) is 28.8 Å². The van der Waals surface area contributed by atoms with Gasteiger partial charge in [0.1, 0.15) is 28.6 Å². The number of nitrogens with zero attached hydrogens (tertiary/aromatic N) is 4. The van der Waals surface area contributed by atoms with Crippen LogP contribution < -0.4 is 26.4 Å². The first-order valence-corrected chi connectivity index (χ1v) is 31.5. The number of phenols is 7. The number of phenolic OH excluding ortho intramolecular Hbond substituents is 7. The molecule has 0 unspecified atom stereocenters. The molecular weight excluding hydrogens is 1430 g/mol. The van der Waals surface area contributed by atoms with Crippen molar-refractivity contribution in [1.29, 1.82) is 0 Å². The van der Waals surface area contributed by atoms with Crippen molar-refractivity contribution in [2.45, 2.75) is 0 Å². The van der Waals surface area contributed by atoms with Crippen LogP contribution in [0.1, 0.15) is 74.2 Å². The number of aromatic carboxylic acids is 1. The maximum Gasteiger partial charge on any atom is 0.335 e. The van der Waals surface area contributed by atoms with Crippen molar-refractivity contribution in [2.24, 2.45) is 20.4 Å². The van der Waals surface area contributed by atoms with Gasteiger partial charge in [-0.3, -0.25) is 19.2 Å². The Balaban J connectivity index is 0.000000146. The molecule has 13 aromatic rings. The standard InChI is InChI=1S/C21H15IN2O4.C19H14N2O5.C18H13ClN2O2.C18H14N2O4/c1-27-18-9-12(8-16(22)20(18)25)11-23-24-21(26)19-10-15-14-5-3-2-4-13(14)6-7-17(15)28-19;22-16-6-5-13(19(25)26)7-14(16)10-20-21-18(24)15-8-11-3-1-2-4-12(11)9-17(15)23;19-15-7-3-4-12(8-15)11-20-21-18(23)16-9-13-5-1-2-6-14(13)10-17(16)22;21-15-7-3-6-13(17(15)23)10-19-20-18(24)14-8-11-4-1-2-5-12(11)9-16(14)22/h2-11,25H,1H3,(H,24,26);1-10,22-23H,(H,21,24)(H,25,26);1-11,22H,(H,21,23);1-10,21-23H,(H,20,24)/b23-11+;20-10+;20-11+;19-10+. The van der Waals surface area contributed by atoms with Gasteiger partial charge in [0.2, 0.25) is 0 Å². The number of rotatable bonds is 14. The molecule has 0 fully saturated rings. The van der Waals surface area contributed by atoms with Crippen molar-refractivity contribution >= 4 is 143 Å². The van der Waals surface area contributed by atoms with Crippen LogP contribution in [0.5, 0.6) is 46.0 Å². The fourth-order valence-corrected chi connectivity index (χ4v) is 10.7. The smallest absolute Gasteiger partial charge is 0.335 e. The van der Waals surface area contributed by atoms with E-state index in [9.17, 15) is 59.7 Å². The van der Waals surface area contributed by atoms with E-state index in [0.29, 0.717) is 25.5 Å². The Bertz CT molecular complexity index is 5470. The molecule has 23 nitrogen and oxygen atoms in total. The topological polar surface area (TPSA) is 367 Å². The minimum absolute atomic E-state index is 0.0252. The van der Waals surface area contributed by atoms with Gasteiger partial charge in [0, 0.05) is 21.5 Å². The number of carboxylic acid groups (broad SMARTS) is 1. The first-order chi connectivity index (χ1) is 48.7. The molecule has 1 heterocycles. The average molecular weight is 1480 g/mol. The van der Waals surface area contributed by atoms with E-state index in [1.807, 2.05) is 138 Å². The van der Waals surface area contributed by atoms with Gasteiger partial charge in [-0.05, 0) is 180 Å². The number of furan rings is 1. The molecular formula is C76H56ClIN8O15. The van der Waals surface area contributed by atoms with Crippen LogP contribution in [0.4, 0.5) is 0 Å². The third-order valence-electron chi connectivity index (χ3n) is 14.9. The molecule has 4 amide bonds. The number of fused-ring (bicyclic) bond motifs is 6. The number of ether oxygens (including phenoxy) is 1. The predicted molar refractivity (Wildman–Crippen MR) is 394 cm³/mol. The number of para-hydroxylation sites is 1. The van der Waals surface area contributed by atoms with Crippen molar-refractivity contribution in [1.82, 2.24) is 21.7 Å². The second kappa shape index (κ2) is 32.6. The van der Waals surface area contributed by atoms with E-state index in [4.69, 9.17) is 25.9 Å². The number of carboxylic acids is 1. The van der Waals surface area contributed by atoms with Gasteiger partial charge < -0.3 is 50.0 Å². The van der Waals surface area contributed by atoms with Crippen molar-refractivity contribution in [3.8, 4) is 46.0 Å². The zero-order valence-corrected chi connectivity index (χ0v) is 55.6. The minimum Gasteiger partial charge on any atom is -0.507 e. The van der Waals surface area contributed by atoms with Gasteiger partial charge in [-0.25, -0.2) is 26.5 Å². The van der Waals surface area contributed by atoms with Crippen LogP contribution in [0.25, 0.3) is 54.1 Å². The summed E-state index contributed by atoms with van der Waals surface area (Å²) in [5.74, 6) is -3.93. The SMILES string of the molecule is COc1cc(/C=N/NC(=O)c2cc3c(ccc4ccccc43)o2)cc(I)c1O.O=C(N/N=C/c1cccc(Cl)c1)c1cc2ccccc2cc1O.O=C(N/N=C/c1cccc(O)c1O)c1cc2ccccc2cc1O.O=C(O)c1ccc(O)c(/C=N/NC(=O)c2cc3ccccc3cc2O)c1. The number of benzene rings is 12. The van der Waals surface area contributed by atoms with Crippen LogP contribution >= 0.6 is 34.2 Å². The van der Waals surface area contributed by atoms with Gasteiger partial charge in [0.25, 0.3) is 17.7 Å². The first kappa shape index (κ1) is 70.5. The number of aromatic hydroxyl groups is 7. The van der Waals surface area contributed by atoms with Crippen LogP contribution in [0, 0.1) is 3.57 Å². The largest absolute Gasteiger partial charge is 0.507 e. The third-order valence-corrected chi connectivity index (χ3v) is 16.0. The summed E-state index contributed by atoms with van der Waals surface area (Å²) in [5, 5.41) is 101. The zero-order valence-electron chi connectivity index (χ0n) is 52.7. The quantitative estimate of drug-likeness (QED) is 0.0208. The van der Waals surface area contributed by atoms with E-state index in [-0.39, 0.29) is 79.4 Å². The van der Waals surface area contributed by atoms with Crippen molar-refractivity contribution in [3.05, 3.63) is 283 Å². The van der Waals surface area contributed by atoms with E-state index in [1.165, 1.54) is 80.4 Å². The normalized spacial score (nSPS) is 11.1. The molecule has 0 bridgehead atoms. The molecule has 0 aliphatic carbocycles. The summed E-state index contributed by atoms with van der Waals surface area (Å²) in [6.07, 6.45) is 5.28. The molecule has 0 aliphatic heterocycles. The van der Waals surface area contributed by atoms with Gasteiger partial charge in [-0.1, -0.05) is 133 Å². The number of nitrogens with one attached hydrogen (secondary N) is 4. The number of amides is 4. The fraction of sp³-hybridized carbons (Fsp3) is 0.0132. The number of hydrazone groups is 4. The van der Waals surface area contributed by atoms with Crippen molar-refractivity contribution in [2.75, 3.05) is 7.11 Å². The molecule has 0 aliphatic rings. The van der Waals surface area contributed by atoms with E-state index >= 15 is 0 Å². The summed E-state index contributed by atoms with van der Waals surface area (Å²) in [5.41, 5.74) is 12.1. The molecule has 0 atom stereocenters. The summed E-state index contributed by atoms with van der Waals surface area (Å²) in [6.45, 7) is 0. The Morgan fingerprint density at radius 3 is 1.42 bits per heavy atom. The lowest BCUT2D eigenvalue weighted by atomic mass is 10.1. The van der Waals surface area contributed by atoms with E-state index in [1.54, 1.807) is 54.6 Å². The minimum atomic E-state index is -1.15. The highest BCUT2D eigenvalue weighted by molar-refractivity contribution is 14.1. The lowest BCUT2D eigenvalue weighted by Crippen LogP contribution is -2.17. The molecule has 0 spiro atoms. The van der Waals surface area contributed by atoms with E-state index < -0.39 is 29.6 Å². The maximum atomic E-state index is 12.4. The van der Waals surface area contributed by atoms with Crippen LogP contribution in [-0.4, -0.2) is 102 Å². The number of hydrogen-bond acceptors (Lipinski definition) is 18. The second-order valence-corrected chi connectivity index (χ2v) is 23.3. The number of hydrogen-bond donors (Lipinski definition) is 12. The summed E-state index contributed by atoms with van der Waals surface area (Å²) in [6, 6.07) is 63.4. The number of halogens is 2. The zero-order chi connectivity index (χ0) is 71.7. The first-order valence-electron chi connectivity index (χ1n) is 30.0. The molecule has 1 aromatic heterocycles. The van der Waals surface area contributed by atoms with Gasteiger partial charge in [0.05, 0.1) is 57.8 Å². The highest BCUT2D eigenvalue weighted by atomic mass is 127. The van der Waals surface area contributed by atoms with Gasteiger partial charge >= 0.3 is 11.9 Å². The Morgan fingerprint density at radius 2 is 0.891 bits per heavy atom. The Morgan fingerprint density at radius 1 is 0.416 bits per heavy atom. The van der Waals surface area contributed by atoms with E-state index in [2.05, 4.69) is 42.1 Å². The van der Waals surface area contributed by atoms with Gasteiger partial charge in [-0.15, -0.1) is 0 Å². The number of methoxy groups -OCH3 is 1. The highest BCUT2D eigenvalue weighted by Crippen LogP contribution is 2.34. The van der Waals surface area contributed by atoms with Crippen LogP contribution in [0.3, 0.4) is 0 Å². The fourth-order valence-electron chi connectivity index (χ4n) is 9.88. The van der Waals surface area contributed by atoms with Crippen molar-refractivity contribution in [3.63, 3.8) is 0 Å². The Labute approximate surface area is 591 Å². The van der Waals surface area contributed by atoms with E-state index in [0.717, 1.165) is 60.3 Å². The summed E-state index contributed by atoms with van der Waals surface area (Å²) >= 11 is 7.87. The summed E-state index contributed by atoms with van der Waals surface area (Å²) in [7, 11) is 1.47. The molecule has 25 heteroatoms. The molecule has 12 N–H and O–H groups in total. The summed E-state index contributed by atoms with van der Waals surface area (Å²) < 4.78 is 11.4. The molecule has 13 rings (SSSR count). The summed E-state index contributed by atoms with van der Waals surface area (Å²) in [4.78, 5) is 59.9. The maximum absolute atomic E-state index is 12.4. The molecule has 0 saturated carbocycles. The monoisotopic (exact) mass is 1480 g/mol. The molecule has 12 aromatic carbocycles. The lowest BCUT2D eigenvalue weighted by Gasteiger charge is -2.06. The van der Waals surface area contributed by atoms with Crippen LogP contribution in [0.15, 0.2) is 249 Å². The van der Waals surface area contributed by atoms with Crippen molar-refractivity contribution < 1.29 is 74.0 Å². The molecule has 0 saturated heterocycles. The lowest BCUT2D eigenvalue weighted by molar-refractivity contribution is 0.0695. The Kier molecular flexibility index (Phi) is 22.8. The molecule has 101 heavy (non-hydrogen) atoms. The predicted octanol–water partition coefficient (Wildman–Crippen LogP) is 14.1. The second-order valence-electron chi connectivity index (χ2n) is 21.7. The molecule has 0 radical (unpaired) electrons. The average Bonchev–Trinajstić information content (AvgIpc) is 1.72. The third kappa shape index (κ3) is 17.8. The Hall–Kier alpha value is -13.3. The van der Waals surface area contributed by atoms with Crippen LogP contribution in [0.2, 0.25) is 5.02 Å². The van der Waals surface area contributed by atoms with Crippen LogP contribution in [-0.2, 0) is 0 Å². The highest BCUT2D eigenvalue weighted by Gasteiger charge is 2.18.